The van der Waals surface area contributed by atoms with Crippen LogP contribution in [-0.4, -0.2) is 56.2 Å². The van der Waals surface area contributed by atoms with Crippen molar-refractivity contribution >= 4 is 35.0 Å². The fourth-order valence-corrected chi connectivity index (χ4v) is 3.54. The normalized spacial score (nSPS) is 19.9. The van der Waals surface area contributed by atoms with E-state index in [0.717, 1.165) is 0 Å². The smallest absolute Gasteiger partial charge is 0.338 e. The molecule has 0 spiro atoms. The molecule has 0 aliphatic carbocycles. The van der Waals surface area contributed by atoms with E-state index >= 15 is 0 Å². The van der Waals surface area contributed by atoms with E-state index in [4.69, 9.17) is 14.2 Å². The summed E-state index contributed by atoms with van der Waals surface area (Å²) >= 11 is 0. The lowest BCUT2D eigenvalue weighted by atomic mass is 10.2. The van der Waals surface area contributed by atoms with Crippen molar-refractivity contribution in [1.82, 2.24) is 19.5 Å². The van der Waals surface area contributed by atoms with E-state index in [0.29, 0.717) is 5.56 Å². The molecule has 33 heavy (non-hydrogen) atoms. The molecule has 0 unspecified atom stereocenters. The van der Waals surface area contributed by atoms with E-state index in [1.54, 1.807) is 30.3 Å². The first-order valence-corrected chi connectivity index (χ1v) is 10.1. The first-order chi connectivity index (χ1) is 15.8. The van der Waals surface area contributed by atoms with E-state index in [2.05, 4.69) is 20.3 Å². The zero-order valence-corrected chi connectivity index (χ0v) is 17.8. The number of ether oxygens (including phenoxy) is 3. The maximum absolute atomic E-state index is 12.3. The zero-order valence-electron chi connectivity index (χ0n) is 17.8. The molecule has 1 aromatic carbocycles. The Kier molecular flexibility index (Phi) is 6.18. The van der Waals surface area contributed by atoms with Crippen LogP contribution in [0.1, 0.15) is 36.9 Å². The number of nitrogens with one attached hydrogen (secondary N) is 2. The van der Waals surface area contributed by atoms with Crippen LogP contribution in [0.5, 0.6) is 0 Å². The van der Waals surface area contributed by atoms with E-state index in [9.17, 15) is 19.2 Å². The van der Waals surface area contributed by atoms with Crippen molar-refractivity contribution in [3.63, 3.8) is 0 Å². The van der Waals surface area contributed by atoms with Gasteiger partial charge in [0.25, 0.3) is 5.56 Å². The number of aromatic nitrogens is 4. The molecule has 1 aliphatic rings. The van der Waals surface area contributed by atoms with Crippen LogP contribution < -0.4 is 10.9 Å². The van der Waals surface area contributed by atoms with Gasteiger partial charge in [-0.3, -0.25) is 29.3 Å². The fraction of sp³-hybridized carbons (Fsp3) is 0.333. The summed E-state index contributed by atoms with van der Waals surface area (Å²) in [4.78, 5) is 58.3. The molecule has 1 saturated heterocycles. The highest BCUT2D eigenvalue weighted by molar-refractivity contribution is 5.89. The molecule has 0 bridgehead atoms. The average molecular weight is 455 g/mol. The number of imidazole rings is 1. The summed E-state index contributed by atoms with van der Waals surface area (Å²) in [7, 11) is 0. The van der Waals surface area contributed by atoms with Crippen molar-refractivity contribution in [1.29, 1.82) is 0 Å². The van der Waals surface area contributed by atoms with E-state index < -0.39 is 41.8 Å². The molecule has 172 valence electrons. The van der Waals surface area contributed by atoms with Crippen molar-refractivity contribution in [2.24, 2.45) is 0 Å². The Labute approximate surface area is 186 Å². The van der Waals surface area contributed by atoms with Crippen molar-refractivity contribution in [3.05, 3.63) is 52.6 Å². The minimum Gasteiger partial charge on any atom is -0.459 e. The monoisotopic (exact) mass is 455 g/mol. The highest BCUT2D eigenvalue weighted by Crippen LogP contribution is 2.32. The Morgan fingerprint density at radius 3 is 2.70 bits per heavy atom. The van der Waals surface area contributed by atoms with E-state index in [-0.39, 0.29) is 30.1 Å². The molecule has 3 atom stereocenters. The Hall–Kier alpha value is -4.06. The summed E-state index contributed by atoms with van der Waals surface area (Å²) in [5.41, 5.74) is 0.0719. The molecule has 12 nitrogen and oxygen atoms in total. The number of hydrogen-bond acceptors (Lipinski definition) is 9. The molecule has 12 heteroatoms. The first-order valence-electron chi connectivity index (χ1n) is 10.1. The second-order valence-corrected chi connectivity index (χ2v) is 7.40. The maximum Gasteiger partial charge on any atom is 0.338 e. The van der Waals surface area contributed by atoms with Crippen molar-refractivity contribution < 1.29 is 28.6 Å². The molecule has 1 aliphatic heterocycles. The van der Waals surface area contributed by atoms with Crippen LogP contribution in [0.3, 0.4) is 0 Å². The molecule has 2 N–H and O–H groups in total. The van der Waals surface area contributed by atoms with Gasteiger partial charge in [0.2, 0.25) is 11.9 Å². The standard InChI is InChI=1S/C21H21N5O7/c1-11(27)23-21-24-18-17(19(29)25-21)22-10-26(18)16-8-14(32-12(2)28)15(33-16)9-31-20(30)13-6-4-3-5-7-13/h3-7,10,14-16H,8-9H2,1-2H3,(H2,23,24,25,27,29)/t14-,15+,16-/m0/s1. The summed E-state index contributed by atoms with van der Waals surface area (Å²) < 4.78 is 18.2. The summed E-state index contributed by atoms with van der Waals surface area (Å²) in [6.45, 7) is 2.40. The van der Waals surface area contributed by atoms with Crippen LogP contribution in [0.15, 0.2) is 41.5 Å². The summed E-state index contributed by atoms with van der Waals surface area (Å²) in [5, 5.41) is 2.42. The van der Waals surface area contributed by atoms with Crippen LogP contribution >= 0.6 is 0 Å². The molecule has 1 amide bonds. The number of amides is 1. The molecule has 0 radical (unpaired) electrons. The first kappa shape index (κ1) is 22.1. The predicted octanol–water partition coefficient (Wildman–Crippen LogP) is 1.15. The predicted molar refractivity (Wildman–Crippen MR) is 113 cm³/mol. The highest BCUT2D eigenvalue weighted by atomic mass is 16.6. The Morgan fingerprint density at radius 2 is 2.00 bits per heavy atom. The van der Waals surface area contributed by atoms with Gasteiger partial charge in [0.1, 0.15) is 25.0 Å². The number of nitrogens with zero attached hydrogens (tertiary/aromatic N) is 3. The van der Waals surface area contributed by atoms with Crippen LogP contribution in [0.25, 0.3) is 11.2 Å². The number of esters is 2. The van der Waals surface area contributed by atoms with Crippen molar-refractivity contribution in [2.75, 3.05) is 11.9 Å². The van der Waals surface area contributed by atoms with E-state index in [1.807, 2.05) is 0 Å². The number of rotatable bonds is 6. The number of anilines is 1. The molecule has 1 fully saturated rings. The second kappa shape index (κ2) is 9.20. The second-order valence-electron chi connectivity index (χ2n) is 7.40. The Balaban J connectivity index is 1.56. The number of carbonyl (C=O) groups is 3. The lowest BCUT2D eigenvalue weighted by Gasteiger charge is -2.18. The molecule has 2 aromatic heterocycles. The minimum atomic E-state index is -0.749. The number of aromatic amines is 1. The molecular weight excluding hydrogens is 434 g/mol. The summed E-state index contributed by atoms with van der Waals surface area (Å²) in [5.74, 6) is -1.49. The number of benzene rings is 1. The molecule has 3 aromatic rings. The van der Waals surface area contributed by atoms with Gasteiger partial charge in [-0.1, -0.05) is 18.2 Å². The van der Waals surface area contributed by atoms with Gasteiger partial charge < -0.3 is 14.2 Å². The van der Waals surface area contributed by atoms with E-state index in [1.165, 1.54) is 24.7 Å². The van der Waals surface area contributed by atoms with Crippen molar-refractivity contribution in [2.45, 2.75) is 38.7 Å². The maximum atomic E-state index is 12.3. The molecule has 4 rings (SSSR count). The Bertz CT molecular complexity index is 1250. The lowest BCUT2D eigenvalue weighted by Crippen LogP contribution is -2.31. The molecular formula is C21H21N5O7. The number of hydrogen-bond donors (Lipinski definition) is 2. The average Bonchev–Trinajstić information content (AvgIpc) is 3.36. The largest absolute Gasteiger partial charge is 0.459 e. The van der Waals surface area contributed by atoms with Crippen LogP contribution in [-0.2, 0) is 23.8 Å². The third-order valence-corrected chi connectivity index (χ3v) is 4.92. The molecule has 3 heterocycles. The zero-order chi connectivity index (χ0) is 23.5. The van der Waals surface area contributed by atoms with Gasteiger partial charge in [0, 0.05) is 20.3 Å². The van der Waals surface area contributed by atoms with Gasteiger partial charge in [-0.15, -0.1) is 0 Å². The third-order valence-electron chi connectivity index (χ3n) is 4.92. The van der Waals surface area contributed by atoms with Crippen LogP contribution in [0.2, 0.25) is 0 Å². The number of H-pyrrole nitrogens is 1. The number of fused-ring (bicyclic) bond motifs is 1. The van der Waals surface area contributed by atoms with Gasteiger partial charge in [-0.25, -0.2) is 9.78 Å². The van der Waals surface area contributed by atoms with Gasteiger partial charge in [-0.05, 0) is 12.1 Å². The summed E-state index contributed by atoms with van der Waals surface area (Å²) in [6, 6.07) is 8.46. The fourth-order valence-electron chi connectivity index (χ4n) is 3.54. The summed E-state index contributed by atoms with van der Waals surface area (Å²) in [6.07, 6.45) is -0.577. The van der Waals surface area contributed by atoms with Gasteiger partial charge in [0.15, 0.2) is 11.2 Å². The van der Waals surface area contributed by atoms with Gasteiger partial charge in [-0.2, -0.15) is 4.98 Å². The van der Waals surface area contributed by atoms with Gasteiger partial charge >= 0.3 is 11.9 Å². The molecule has 0 saturated carbocycles. The topological polar surface area (TPSA) is 155 Å². The third kappa shape index (κ3) is 4.90. The van der Waals surface area contributed by atoms with Crippen LogP contribution in [0.4, 0.5) is 5.95 Å². The van der Waals surface area contributed by atoms with Gasteiger partial charge in [0.05, 0.1) is 11.9 Å². The SMILES string of the molecule is CC(=O)Nc1nc2c(ncn2[C@@H]2C[C@H](OC(C)=O)[C@@H](COC(=O)c3ccccc3)O2)c(=O)[nH]1. The highest BCUT2D eigenvalue weighted by Gasteiger charge is 2.40. The minimum absolute atomic E-state index is 0.0374. The number of carbonyl (C=O) groups excluding carboxylic acids is 3. The van der Waals surface area contributed by atoms with Crippen molar-refractivity contribution in [3.8, 4) is 0 Å². The lowest BCUT2D eigenvalue weighted by molar-refractivity contribution is -0.150. The Morgan fingerprint density at radius 1 is 1.24 bits per heavy atom. The quantitative estimate of drug-likeness (QED) is 0.521. The van der Waals surface area contributed by atoms with Crippen LogP contribution in [0, 0.1) is 0 Å².